The van der Waals surface area contributed by atoms with Crippen LogP contribution in [0.25, 0.3) is 0 Å². The fourth-order valence-electron chi connectivity index (χ4n) is 1.40. The zero-order valence-electron chi connectivity index (χ0n) is 10.1. The molecule has 2 rings (SSSR count). The van der Waals surface area contributed by atoms with Gasteiger partial charge < -0.3 is 0 Å². The van der Waals surface area contributed by atoms with Crippen LogP contribution in [0.1, 0.15) is 22.8 Å². The summed E-state index contributed by atoms with van der Waals surface area (Å²) in [5, 5.41) is 11.2. The number of nitrogens with zero attached hydrogens (tertiary/aromatic N) is 2. The smallest absolute Gasteiger partial charge is 0.257 e. The Morgan fingerprint density at radius 1 is 1.44 bits per heavy atom. The normalized spacial score (nSPS) is 10.3. The first-order valence-corrected chi connectivity index (χ1v) is 7.33. The van der Waals surface area contributed by atoms with Crippen LogP contribution in [-0.4, -0.2) is 21.9 Å². The number of aromatic nitrogens is 2. The molecule has 2 aromatic rings. The van der Waals surface area contributed by atoms with E-state index < -0.39 is 0 Å². The number of hydrogen-bond acceptors (Lipinski definition) is 5. The largest absolute Gasteiger partial charge is 0.296 e. The number of rotatable bonds is 4. The summed E-state index contributed by atoms with van der Waals surface area (Å²) in [7, 11) is 0. The molecule has 0 saturated heterocycles. The first kappa shape index (κ1) is 13.0. The average Bonchev–Trinajstić information content (AvgIpc) is 2.77. The van der Waals surface area contributed by atoms with Crippen LogP contribution in [0, 0.1) is 6.92 Å². The minimum Gasteiger partial charge on any atom is -0.296 e. The molecule has 94 valence electrons. The highest BCUT2D eigenvalue weighted by molar-refractivity contribution is 8.01. The summed E-state index contributed by atoms with van der Waals surface area (Å²) < 4.78 is 0.872. The van der Waals surface area contributed by atoms with Crippen LogP contribution < -0.4 is 5.32 Å². The van der Waals surface area contributed by atoms with Crippen molar-refractivity contribution >= 4 is 34.1 Å². The summed E-state index contributed by atoms with van der Waals surface area (Å²) >= 11 is 3.01. The molecule has 0 aliphatic heterocycles. The first-order chi connectivity index (χ1) is 8.69. The number of nitrogens with one attached hydrogen (secondary N) is 1. The molecule has 1 heterocycles. The van der Waals surface area contributed by atoms with E-state index in [-0.39, 0.29) is 5.91 Å². The molecule has 1 aromatic heterocycles. The third-order valence-corrected chi connectivity index (χ3v) is 4.03. The van der Waals surface area contributed by atoms with E-state index in [0.717, 1.165) is 15.7 Å². The lowest BCUT2D eigenvalue weighted by atomic mass is 10.1. The van der Waals surface area contributed by atoms with Gasteiger partial charge in [0.25, 0.3) is 5.91 Å². The Labute approximate surface area is 114 Å². The number of benzene rings is 1. The fourth-order valence-corrected chi connectivity index (χ4v) is 3.04. The SMILES string of the molecule is CCSc1nnc(NC(=O)c2cccc(C)c2)s1. The van der Waals surface area contributed by atoms with Gasteiger partial charge in [-0.15, -0.1) is 10.2 Å². The molecule has 0 aliphatic rings. The maximum Gasteiger partial charge on any atom is 0.257 e. The first-order valence-electron chi connectivity index (χ1n) is 5.53. The van der Waals surface area contributed by atoms with Gasteiger partial charge in [0.05, 0.1) is 0 Å². The molecule has 0 bridgehead atoms. The van der Waals surface area contributed by atoms with E-state index in [1.54, 1.807) is 17.8 Å². The quantitative estimate of drug-likeness (QED) is 0.689. The average molecular weight is 279 g/mol. The molecule has 0 aliphatic carbocycles. The van der Waals surface area contributed by atoms with Crippen molar-refractivity contribution in [3.8, 4) is 0 Å². The molecule has 0 fully saturated rings. The van der Waals surface area contributed by atoms with Crippen molar-refractivity contribution in [1.82, 2.24) is 10.2 Å². The molecule has 0 radical (unpaired) electrons. The van der Waals surface area contributed by atoms with E-state index in [2.05, 4.69) is 22.4 Å². The summed E-state index contributed by atoms with van der Waals surface area (Å²) in [6, 6.07) is 7.45. The van der Waals surface area contributed by atoms with E-state index in [4.69, 9.17) is 0 Å². The summed E-state index contributed by atoms with van der Waals surface area (Å²) in [4.78, 5) is 12.0. The summed E-state index contributed by atoms with van der Waals surface area (Å²) in [6.07, 6.45) is 0. The zero-order valence-corrected chi connectivity index (χ0v) is 11.8. The third kappa shape index (κ3) is 3.30. The molecular weight excluding hydrogens is 266 g/mol. The summed E-state index contributed by atoms with van der Waals surface area (Å²) in [5.74, 6) is 0.795. The van der Waals surface area contributed by atoms with Crippen LogP contribution >= 0.6 is 23.1 Å². The second-order valence-corrected chi connectivity index (χ2v) is 6.12. The second-order valence-electron chi connectivity index (χ2n) is 3.63. The van der Waals surface area contributed by atoms with Crippen molar-refractivity contribution < 1.29 is 4.79 Å². The Bertz CT molecular complexity index is 554. The molecule has 6 heteroatoms. The summed E-state index contributed by atoms with van der Waals surface area (Å²) in [6.45, 7) is 4.01. The molecule has 4 nitrogen and oxygen atoms in total. The van der Waals surface area contributed by atoms with Crippen LogP contribution in [-0.2, 0) is 0 Å². The molecule has 0 saturated carbocycles. The lowest BCUT2D eigenvalue weighted by Crippen LogP contribution is -2.11. The fraction of sp³-hybridized carbons (Fsp3) is 0.250. The van der Waals surface area contributed by atoms with Crippen LogP contribution in [0.5, 0.6) is 0 Å². The second kappa shape index (κ2) is 5.97. The van der Waals surface area contributed by atoms with Gasteiger partial charge in [-0.2, -0.15) is 0 Å². The van der Waals surface area contributed by atoms with Crippen LogP contribution in [0.15, 0.2) is 28.6 Å². The number of anilines is 1. The predicted octanol–water partition coefficient (Wildman–Crippen LogP) is 3.21. The Morgan fingerprint density at radius 2 is 2.28 bits per heavy atom. The Morgan fingerprint density at radius 3 is 3.00 bits per heavy atom. The van der Waals surface area contributed by atoms with E-state index in [1.807, 2.05) is 25.1 Å². The highest BCUT2D eigenvalue weighted by atomic mass is 32.2. The lowest BCUT2D eigenvalue weighted by molar-refractivity contribution is 0.102. The van der Waals surface area contributed by atoms with Gasteiger partial charge in [0, 0.05) is 5.56 Å². The van der Waals surface area contributed by atoms with Gasteiger partial charge in [-0.05, 0) is 24.8 Å². The molecule has 1 aromatic carbocycles. The van der Waals surface area contributed by atoms with Gasteiger partial charge in [-0.3, -0.25) is 10.1 Å². The Kier molecular flexibility index (Phi) is 4.33. The van der Waals surface area contributed by atoms with Crippen molar-refractivity contribution in [3.63, 3.8) is 0 Å². The molecule has 0 atom stereocenters. The number of amides is 1. The number of carbonyl (C=O) groups is 1. The topological polar surface area (TPSA) is 54.9 Å². The van der Waals surface area contributed by atoms with E-state index in [0.29, 0.717) is 10.7 Å². The number of carbonyl (C=O) groups excluding carboxylic acids is 1. The maximum absolute atomic E-state index is 12.0. The van der Waals surface area contributed by atoms with Gasteiger partial charge in [0.1, 0.15) is 0 Å². The Balaban J connectivity index is 2.06. The van der Waals surface area contributed by atoms with Crippen LogP contribution in [0.2, 0.25) is 0 Å². The standard InChI is InChI=1S/C12H13N3OS2/c1-3-17-12-15-14-11(18-12)13-10(16)9-6-4-5-8(2)7-9/h4-7H,3H2,1-2H3,(H,13,14,16). The van der Waals surface area contributed by atoms with Gasteiger partial charge >= 0.3 is 0 Å². The van der Waals surface area contributed by atoms with Crippen molar-refractivity contribution in [2.24, 2.45) is 0 Å². The van der Waals surface area contributed by atoms with Crippen molar-refractivity contribution in [2.45, 2.75) is 18.2 Å². The molecule has 1 amide bonds. The minimum absolute atomic E-state index is 0.150. The zero-order chi connectivity index (χ0) is 13.0. The molecule has 0 spiro atoms. The highest BCUT2D eigenvalue weighted by Gasteiger charge is 2.10. The number of aryl methyl sites for hydroxylation is 1. The Hall–Kier alpha value is -1.40. The highest BCUT2D eigenvalue weighted by Crippen LogP contribution is 2.25. The predicted molar refractivity (Wildman–Crippen MR) is 75.4 cm³/mol. The lowest BCUT2D eigenvalue weighted by Gasteiger charge is -2.01. The molecule has 0 unspecified atom stereocenters. The van der Waals surface area contributed by atoms with Gasteiger partial charge in [-0.25, -0.2) is 0 Å². The maximum atomic E-state index is 12.0. The van der Waals surface area contributed by atoms with Crippen LogP contribution in [0.3, 0.4) is 0 Å². The van der Waals surface area contributed by atoms with Gasteiger partial charge in [-0.1, -0.05) is 47.7 Å². The number of hydrogen-bond donors (Lipinski definition) is 1. The number of thioether (sulfide) groups is 1. The summed E-state index contributed by atoms with van der Waals surface area (Å²) in [5.41, 5.74) is 1.69. The minimum atomic E-state index is -0.150. The van der Waals surface area contributed by atoms with Gasteiger partial charge in [0.2, 0.25) is 5.13 Å². The van der Waals surface area contributed by atoms with Crippen molar-refractivity contribution in [2.75, 3.05) is 11.1 Å². The van der Waals surface area contributed by atoms with Gasteiger partial charge in [0.15, 0.2) is 4.34 Å². The third-order valence-electron chi connectivity index (χ3n) is 2.17. The van der Waals surface area contributed by atoms with E-state index in [9.17, 15) is 4.79 Å². The van der Waals surface area contributed by atoms with E-state index >= 15 is 0 Å². The van der Waals surface area contributed by atoms with E-state index in [1.165, 1.54) is 11.3 Å². The van der Waals surface area contributed by atoms with Crippen molar-refractivity contribution in [1.29, 1.82) is 0 Å². The van der Waals surface area contributed by atoms with Crippen molar-refractivity contribution in [3.05, 3.63) is 35.4 Å². The van der Waals surface area contributed by atoms with Crippen LogP contribution in [0.4, 0.5) is 5.13 Å². The monoisotopic (exact) mass is 279 g/mol. The molecule has 1 N–H and O–H groups in total. The molecular formula is C12H13N3OS2. The molecule has 18 heavy (non-hydrogen) atoms.